The third-order valence-corrected chi connectivity index (χ3v) is 3.79. The Bertz CT molecular complexity index is 721. The molecule has 3 rings (SSSR count). The number of nitrogens with one attached hydrogen (secondary N) is 1. The van der Waals surface area contributed by atoms with Gasteiger partial charge in [-0.3, -0.25) is 9.78 Å². The number of amides is 1. The van der Waals surface area contributed by atoms with E-state index in [1.807, 2.05) is 49.4 Å². The molecule has 1 amide bonds. The molecule has 1 aromatic carbocycles. The second kappa shape index (κ2) is 5.93. The van der Waals surface area contributed by atoms with Crippen molar-refractivity contribution in [1.29, 1.82) is 0 Å². The molecule has 0 atom stereocenters. The Hall–Kier alpha value is -2.40. The molecular weight excluding hydrogens is 282 g/mol. The summed E-state index contributed by atoms with van der Waals surface area (Å²) >= 11 is 1.32. The van der Waals surface area contributed by atoms with E-state index in [2.05, 4.69) is 15.3 Å². The Morgan fingerprint density at radius 1 is 1.19 bits per heavy atom. The molecule has 1 fully saturated rings. The number of hydrogen-bond acceptors (Lipinski definition) is 4. The molecule has 2 heterocycles. The van der Waals surface area contributed by atoms with Crippen LogP contribution < -0.4 is 5.32 Å². The highest BCUT2D eigenvalue weighted by atomic mass is 32.2. The molecule has 0 spiro atoms. The molecule has 0 bridgehead atoms. The van der Waals surface area contributed by atoms with Crippen LogP contribution in [0.5, 0.6) is 0 Å². The molecule has 5 heteroatoms. The first-order valence-corrected chi connectivity index (χ1v) is 7.30. The number of amidine groups is 1. The van der Waals surface area contributed by atoms with E-state index in [9.17, 15) is 4.79 Å². The number of benzene rings is 1. The van der Waals surface area contributed by atoms with Crippen LogP contribution in [-0.4, -0.2) is 16.1 Å². The largest absolute Gasteiger partial charge is 0.300 e. The van der Waals surface area contributed by atoms with Gasteiger partial charge in [0.15, 0.2) is 5.17 Å². The second-order valence-electron chi connectivity index (χ2n) is 4.57. The van der Waals surface area contributed by atoms with E-state index >= 15 is 0 Å². The van der Waals surface area contributed by atoms with Crippen LogP contribution in [0.1, 0.15) is 11.3 Å². The summed E-state index contributed by atoms with van der Waals surface area (Å²) < 4.78 is 0. The molecule has 21 heavy (non-hydrogen) atoms. The van der Waals surface area contributed by atoms with E-state index < -0.39 is 0 Å². The third kappa shape index (κ3) is 3.38. The maximum atomic E-state index is 11.9. The summed E-state index contributed by atoms with van der Waals surface area (Å²) in [6.07, 6.45) is 3.46. The van der Waals surface area contributed by atoms with Crippen molar-refractivity contribution in [3.05, 3.63) is 64.8 Å². The van der Waals surface area contributed by atoms with Crippen LogP contribution >= 0.6 is 11.8 Å². The third-order valence-electron chi connectivity index (χ3n) is 2.88. The average molecular weight is 295 g/mol. The Labute approximate surface area is 127 Å². The highest BCUT2D eigenvalue weighted by molar-refractivity contribution is 8.18. The lowest BCUT2D eigenvalue weighted by Crippen LogP contribution is -2.19. The summed E-state index contributed by atoms with van der Waals surface area (Å²) in [6.45, 7) is 2.02. The average Bonchev–Trinajstić information content (AvgIpc) is 2.82. The van der Waals surface area contributed by atoms with E-state index in [0.29, 0.717) is 10.1 Å². The van der Waals surface area contributed by atoms with Gasteiger partial charge in [0.25, 0.3) is 5.91 Å². The van der Waals surface area contributed by atoms with Crippen LogP contribution in [0.3, 0.4) is 0 Å². The Balaban J connectivity index is 1.81. The maximum absolute atomic E-state index is 11.9. The number of nitrogens with zero attached hydrogens (tertiary/aromatic N) is 2. The van der Waals surface area contributed by atoms with Crippen LogP contribution in [0.4, 0.5) is 5.69 Å². The summed E-state index contributed by atoms with van der Waals surface area (Å²) in [6, 6.07) is 13.4. The highest BCUT2D eigenvalue weighted by Gasteiger charge is 2.23. The van der Waals surface area contributed by atoms with E-state index in [-0.39, 0.29) is 5.91 Å². The van der Waals surface area contributed by atoms with Gasteiger partial charge < -0.3 is 5.32 Å². The molecule has 0 saturated carbocycles. The monoisotopic (exact) mass is 295 g/mol. The van der Waals surface area contributed by atoms with Crippen molar-refractivity contribution >= 4 is 34.6 Å². The van der Waals surface area contributed by atoms with Gasteiger partial charge in [-0.05, 0) is 49.0 Å². The maximum Gasteiger partial charge on any atom is 0.264 e. The molecule has 104 valence electrons. The van der Waals surface area contributed by atoms with Crippen LogP contribution in [0.2, 0.25) is 0 Å². The minimum atomic E-state index is -0.142. The van der Waals surface area contributed by atoms with Gasteiger partial charge in [-0.25, -0.2) is 4.99 Å². The standard InChI is InChI=1S/C16H13N3OS/c1-11-5-7-12(8-6-11)18-16-19-15(20)14(21-16)10-13-4-2-3-9-17-13/h2-10H,1H3,(H,18,19,20)/b14-10-. The normalized spacial score (nSPS) is 18.2. The highest BCUT2D eigenvalue weighted by Crippen LogP contribution is 2.27. The van der Waals surface area contributed by atoms with Crippen molar-refractivity contribution in [1.82, 2.24) is 10.3 Å². The molecule has 0 unspecified atom stereocenters. The van der Waals surface area contributed by atoms with E-state index in [1.54, 1.807) is 12.3 Å². The topological polar surface area (TPSA) is 54.4 Å². The Morgan fingerprint density at radius 2 is 2.00 bits per heavy atom. The van der Waals surface area contributed by atoms with E-state index in [1.165, 1.54) is 17.3 Å². The Morgan fingerprint density at radius 3 is 2.71 bits per heavy atom. The van der Waals surface area contributed by atoms with Gasteiger partial charge in [0.1, 0.15) is 0 Å². The number of thioether (sulfide) groups is 1. The molecule has 1 saturated heterocycles. The summed E-state index contributed by atoms with van der Waals surface area (Å²) in [5.74, 6) is -0.142. The lowest BCUT2D eigenvalue weighted by atomic mass is 10.2. The quantitative estimate of drug-likeness (QED) is 0.865. The van der Waals surface area contributed by atoms with Crippen molar-refractivity contribution in [2.75, 3.05) is 0 Å². The minimum absolute atomic E-state index is 0.142. The van der Waals surface area contributed by atoms with Gasteiger partial charge in [-0.2, -0.15) is 0 Å². The van der Waals surface area contributed by atoms with Crippen molar-refractivity contribution < 1.29 is 4.79 Å². The second-order valence-corrected chi connectivity index (χ2v) is 5.60. The van der Waals surface area contributed by atoms with Crippen LogP contribution in [0.25, 0.3) is 6.08 Å². The van der Waals surface area contributed by atoms with Crippen molar-refractivity contribution in [2.24, 2.45) is 4.99 Å². The van der Waals surface area contributed by atoms with Gasteiger partial charge in [0.05, 0.1) is 16.3 Å². The summed E-state index contributed by atoms with van der Waals surface area (Å²) in [5, 5.41) is 3.35. The zero-order chi connectivity index (χ0) is 14.7. The van der Waals surface area contributed by atoms with Gasteiger partial charge in [0.2, 0.25) is 0 Å². The fourth-order valence-corrected chi connectivity index (χ4v) is 2.64. The van der Waals surface area contributed by atoms with Gasteiger partial charge >= 0.3 is 0 Å². The molecule has 2 aromatic rings. The first kappa shape index (κ1) is 13.6. The molecule has 0 aliphatic carbocycles. The lowest BCUT2D eigenvalue weighted by Gasteiger charge is -1.96. The number of hydrogen-bond donors (Lipinski definition) is 1. The number of aliphatic imine (C=N–C) groups is 1. The summed E-state index contributed by atoms with van der Waals surface area (Å²) in [7, 11) is 0. The Kier molecular flexibility index (Phi) is 3.83. The molecule has 4 nitrogen and oxygen atoms in total. The SMILES string of the molecule is Cc1ccc(N=C2NC(=O)/C(=C/c3ccccn3)S2)cc1. The first-order chi connectivity index (χ1) is 10.2. The fourth-order valence-electron chi connectivity index (χ4n) is 1.81. The van der Waals surface area contributed by atoms with Gasteiger partial charge in [-0.1, -0.05) is 23.8 Å². The molecule has 1 aromatic heterocycles. The summed E-state index contributed by atoms with van der Waals surface area (Å²) in [5.41, 5.74) is 2.76. The van der Waals surface area contributed by atoms with Gasteiger partial charge in [-0.15, -0.1) is 0 Å². The smallest absolute Gasteiger partial charge is 0.264 e. The number of pyridine rings is 1. The predicted molar refractivity (Wildman–Crippen MR) is 86.2 cm³/mol. The minimum Gasteiger partial charge on any atom is -0.300 e. The zero-order valence-electron chi connectivity index (χ0n) is 11.4. The molecular formula is C16H13N3OS. The van der Waals surface area contributed by atoms with Crippen LogP contribution in [-0.2, 0) is 4.79 Å². The fraction of sp³-hybridized carbons (Fsp3) is 0.0625. The van der Waals surface area contributed by atoms with Gasteiger partial charge in [0, 0.05) is 6.20 Å². The van der Waals surface area contributed by atoms with Crippen LogP contribution in [0.15, 0.2) is 58.6 Å². The number of aromatic nitrogens is 1. The van der Waals surface area contributed by atoms with Crippen molar-refractivity contribution in [3.8, 4) is 0 Å². The van der Waals surface area contributed by atoms with E-state index in [4.69, 9.17) is 0 Å². The molecule has 1 aliphatic rings. The number of aryl methyl sites for hydroxylation is 1. The zero-order valence-corrected chi connectivity index (χ0v) is 12.2. The number of carbonyl (C=O) groups excluding carboxylic acids is 1. The summed E-state index contributed by atoms with van der Waals surface area (Å²) in [4.78, 5) is 21.1. The van der Waals surface area contributed by atoms with Crippen molar-refractivity contribution in [2.45, 2.75) is 6.92 Å². The van der Waals surface area contributed by atoms with E-state index in [0.717, 1.165) is 11.4 Å². The lowest BCUT2D eigenvalue weighted by molar-refractivity contribution is -0.115. The predicted octanol–water partition coefficient (Wildman–Crippen LogP) is 3.28. The van der Waals surface area contributed by atoms with Crippen molar-refractivity contribution in [3.63, 3.8) is 0 Å². The molecule has 0 radical (unpaired) electrons. The molecule has 1 N–H and O–H groups in total. The number of rotatable bonds is 2. The molecule has 1 aliphatic heterocycles. The van der Waals surface area contributed by atoms with Crippen LogP contribution in [0, 0.1) is 6.92 Å². The number of carbonyl (C=O) groups is 1. The first-order valence-electron chi connectivity index (χ1n) is 6.48.